The number of amides is 1. The van der Waals surface area contributed by atoms with E-state index in [-0.39, 0.29) is 11.9 Å². The van der Waals surface area contributed by atoms with Gasteiger partial charge in [-0.3, -0.25) is 9.69 Å². The number of carbonyl (C=O) groups is 1. The zero-order valence-electron chi connectivity index (χ0n) is 12.3. The second-order valence-electron chi connectivity index (χ2n) is 5.76. The van der Waals surface area contributed by atoms with Crippen LogP contribution in [0.15, 0.2) is 17.5 Å². The number of thiophene rings is 1. The zero-order chi connectivity index (χ0) is 14.5. The highest BCUT2D eigenvalue weighted by Crippen LogP contribution is 2.21. The third-order valence-corrected chi connectivity index (χ3v) is 5.19. The first-order valence-corrected chi connectivity index (χ1v) is 8.25. The van der Waals surface area contributed by atoms with Gasteiger partial charge in [0.15, 0.2) is 0 Å². The van der Waals surface area contributed by atoms with Crippen molar-refractivity contribution in [1.82, 2.24) is 10.2 Å². The summed E-state index contributed by atoms with van der Waals surface area (Å²) in [5.74, 6) is 0.643. The quantitative estimate of drug-likeness (QED) is 0.873. The Morgan fingerprint density at radius 3 is 3.05 bits per heavy atom. The number of nitrogens with one attached hydrogen (secondary N) is 1. The average Bonchev–Trinajstić information content (AvgIpc) is 2.95. The van der Waals surface area contributed by atoms with Crippen molar-refractivity contribution in [3.8, 4) is 0 Å². The fourth-order valence-electron chi connectivity index (χ4n) is 2.76. The normalized spacial score (nSPS) is 25.4. The van der Waals surface area contributed by atoms with E-state index in [1.807, 2.05) is 18.4 Å². The van der Waals surface area contributed by atoms with Gasteiger partial charge in [0.05, 0.1) is 12.6 Å². The number of hydrogen-bond donors (Lipinski definition) is 2. The number of hydrogen-bond acceptors (Lipinski definition) is 4. The lowest BCUT2D eigenvalue weighted by atomic mass is 9.93. The molecular weight excluding hydrogens is 270 g/mol. The molecule has 0 bridgehead atoms. The molecule has 1 fully saturated rings. The van der Waals surface area contributed by atoms with Gasteiger partial charge in [-0.25, -0.2) is 0 Å². The molecule has 3 unspecified atom stereocenters. The summed E-state index contributed by atoms with van der Waals surface area (Å²) in [4.78, 5) is 15.6. The Labute approximate surface area is 125 Å². The molecule has 1 amide bonds. The van der Waals surface area contributed by atoms with Gasteiger partial charge in [-0.05, 0) is 50.6 Å². The molecule has 0 radical (unpaired) electrons. The molecule has 2 heterocycles. The lowest BCUT2D eigenvalue weighted by molar-refractivity contribution is -0.124. The maximum absolute atomic E-state index is 12.2. The van der Waals surface area contributed by atoms with Crippen LogP contribution in [0.25, 0.3) is 0 Å². The molecule has 4 nitrogen and oxygen atoms in total. The number of carbonyl (C=O) groups excluding carboxylic acids is 1. The average molecular weight is 295 g/mol. The van der Waals surface area contributed by atoms with Crippen LogP contribution >= 0.6 is 11.3 Å². The zero-order valence-corrected chi connectivity index (χ0v) is 13.2. The summed E-state index contributed by atoms with van der Waals surface area (Å²) in [6.07, 6.45) is 2.32. The Balaban J connectivity index is 1.84. The summed E-state index contributed by atoms with van der Waals surface area (Å²) in [5.41, 5.74) is 5.76. The van der Waals surface area contributed by atoms with Crippen molar-refractivity contribution in [3.05, 3.63) is 22.4 Å². The van der Waals surface area contributed by atoms with Gasteiger partial charge in [0.2, 0.25) is 5.91 Å². The van der Waals surface area contributed by atoms with E-state index >= 15 is 0 Å². The van der Waals surface area contributed by atoms with Crippen LogP contribution in [0.5, 0.6) is 0 Å². The van der Waals surface area contributed by atoms with Crippen LogP contribution in [-0.2, 0) is 4.79 Å². The van der Waals surface area contributed by atoms with Crippen LogP contribution in [0.3, 0.4) is 0 Å². The SMILES string of the molecule is CC(NC(=O)CN1CC(CN)CCC1C)c1cccs1. The lowest BCUT2D eigenvalue weighted by Gasteiger charge is -2.37. The number of nitrogens with two attached hydrogens (primary N) is 1. The van der Waals surface area contributed by atoms with Crippen molar-refractivity contribution < 1.29 is 4.79 Å². The van der Waals surface area contributed by atoms with Crippen LogP contribution in [0, 0.1) is 5.92 Å². The van der Waals surface area contributed by atoms with Crippen molar-refractivity contribution in [2.24, 2.45) is 11.7 Å². The summed E-state index contributed by atoms with van der Waals surface area (Å²) in [6, 6.07) is 4.64. The highest BCUT2D eigenvalue weighted by molar-refractivity contribution is 7.10. The van der Waals surface area contributed by atoms with E-state index < -0.39 is 0 Å². The van der Waals surface area contributed by atoms with Crippen molar-refractivity contribution in [2.45, 2.75) is 38.8 Å². The van der Waals surface area contributed by atoms with Gasteiger partial charge in [0.1, 0.15) is 0 Å². The van der Waals surface area contributed by atoms with E-state index in [1.165, 1.54) is 11.3 Å². The third-order valence-electron chi connectivity index (χ3n) is 4.14. The summed E-state index contributed by atoms with van der Waals surface area (Å²) in [5, 5.41) is 5.12. The molecule has 1 aliphatic heterocycles. The first kappa shape index (κ1) is 15.5. The predicted molar refractivity (Wildman–Crippen MR) is 83.7 cm³/mol. The number of likely N-dealkylation sites (tertiary alicyclic amines) is 1. The van der Waals surface area contributed by atoms with Crippen molar-refractivity contribution in [1.29, 1.82) is 0 Å². The monoisotopic (exact) mass is 295 g/mol. The first-order chi connectivity index (χ1) is 9.60. The fraction of sp³-hybridized carbons (Fsp3) is 0.667. The Hall–Kier alpha value is -0.910. The first-order valence-electron chi connectivity index (χ1n) is 7.37. The molecule has 1 saturated heterocycles. The van der Waals surface area contributed by atoms with Crippen LogP contribution in [0.1, 0.15) is 37.6 Å². The molecule has 0 spiro atoms. The van der Waals surface area contributed by atoms with E-state index in [2.05, 4.69) is 23.2 Å². The van der Waals surface area contributed by atoms with Crippen molar-refractivity contribution >= 4 is 17.2 Å². The molecule has 0 saturated carbocycles. The molecule has 112 valence electrons. The third kappa shape index (κ3) is 4.04. The van der Waals surface area contributed by atoms with E-state index in [1.54, 1.807) is 11.3 Å². The van der Waals surface area contributed by atoms with E-state index in [0.29, 0.717) is 18.5 Å². The van der Waals surface area contributed by atoms with Gasteiger partial charge in [0, 0.05) is 17.5 Å². The van der Waals surface area contributed by atoms with Crippen LogP contribution in [0.4, 0.5) is 0 Å². The standard InChI is InChI=1S/C15H25N3OS/c1-11-5-6-13(8-16)9-18(11)10-15(19)17-12(2)14-4-3-7-20-14/h3-4,7,11-13H,5-6,8-10,16H2,1-2H3,(H,17,19). The number of piperidine rings is 1. The molecule has 20 heavy (non-hydrogen) atoms. The molecule has 2 rings (SSSR count). The summed E-state index contributed by atoms with van der Waals surface area (Å²) in [7, 11) is 0. The molecule has 0 aromatic carbocycles. The molecule has 1 aromatic heterocycles. The lowest BCUT2D eigenvalue weighted by Crippen LogP contribution is -2.48. The molecule has 0 aliphatic carbocycles. The second kappa shape index (κ2) is 7.20. The maximum Gasteiger partial charge on any atom is 0.234 e. The Morgan fingerprint density at radius 1 is 1.60 bits per heavy atom. The fourth-order valence-corrected chi connectivity index (χ4v) is 3.49. The van der Waals surface area contributed by atoms with Gasteiger partial charge >= 0.3 is 0 Å². The maximum atomic E-state index is 12.2. The number of nitrogens with zero attached hydrogens (tertiary/aromatic N) is 1. The highest BCUT2D eigenvalue weighted by Gasteiger charge is 2.26. The molecule has 1 aliphatic rings. The van der Waals surface area contributed by atoms with Crippen LogP contribution in [0.2, 0.25) is 0 Å². The van der Waals surface area contributed by atoms with Crippen LogP contribution < -0.4 is 11.1 Å². The van der Waals surface area contributed by atoms with Crippen LogP contribution in [-0.4, -0.2) is 36.5 Å². The van der Waals surface area contributed by atoms with E-state index in [0.717, 1.165) is 19.5 Å². The van der Waals surface area contributed by atoms with E-state index in [9.17, 15) is 4.79 Å². The van der Waals surface area contributed by atoms with Gasteiger partial charge in [-0.2, -0.15) is 0 Å². The van der Waals surface area contributed by atoms with E-state index in [4.69, 9.17) is 5.73 Å². The van der Waals surface area contributed by atoms with Gasteiger partial charge in [-0.1, -0.05) is 6.07 Å². The topological polar surface area (TPSA) is 58.4 Å². The minimum Gasteiger partial charge on any atom is -0.348 e. The molecule has 5 heteroatoms. The summed E-state index contributed by atoms with van der Waals surface area (Å²) < 4.78 is 0. The van der Waals surface area contributed by atoms with Gasteiger partial charge in [0.25, 0.3) is 0 Å². The smallest absolute Gasteiger partial charge is 0.234 e. The second-order valence-corrected chi connectivity index (χ2v) is 6.74. The molecule has 1 aromatic rings. The van der Waals surface area contributed by atoms with Crippen molar-refractivity contribution in [3.63, 3.8) is 0 Å². The molecule has 3 N–H and O–H groups in total. The molecular formula is C15H25N3OS. The Bertz CT molecular complexity index is 421. The Kier molecular flexibility index (Phi) is 5.57. The van der Waals surface area contributed by atoms with Crippen molar-refractivity contribution in [2.75, 3.05) is 19.6 Å². The summed E-state index contributed by atoms with van der Waals surface area (Å²) >= 11 is 1.68. The highest BCUT2D eigenvalue weighted by atomic mass is 32.1. The number of rotatable bonds is 5. The molecule has 3 atom stereocenters. The summed E-state index contributed by atoms with van der Waals surface area (Å²) in [6.45, 7) is 6.37. The Morgan fingerprint density at radius 2 is 2.40 bits per heavy atom. The van der Waals surface area contributed by atoms with Gasteiger partial charge < -0.3 is 11.1 Å². The minimum atomic E-state index is 0.0907. The largest absolute Gasteiger partial charge is 0.348 e. The van der Waals surface area contributed by atoms with Gasteiger partial charge in [-0.15, -0.1) is 11.3 Å². The predicted octanol–water partition coefficient (Wildman–Crippen LogP) is 1.98. The minimum absolute atomic E-state index is 0.0907.